The lowest BCUT2D eigenvalue weighted by molar-refractivity contribution is -0.123. The molecule has 1 aromatic carbocycles. The molecule has 0 saturated heterocycles. The molecule has 1 aliphatic carbocycles. The van der Waals surface area contributed by atoms with Gasteiger partial charge in [-0.05, 0) is 36.6 Å². The fourth-order valence-electron chi connectivity index (χ4n) is 2.49. The molecule has 20 heavy (non-hydrogen) atoms. The number of anilines is 1. The number of nitrogen functional groups attached to an aromatic ring is 1. The van der Waals surface area contributed by atoms with Gasteiger partial charge in [0.25, 0.3) is 0 Å². The fourth-order valence-corrected chi connectivity index (χ4v) is 2.49. The standard InChI is InChI=1S/C15H18N4O/c1-19-13(6-9-18-19)10-17-14(20)15(7-8-15)11-2-4-12(16)5-3-11/h2-6,9H,7-8,10,16H2,1H3,(H,17,20). The van der Waals surface area contributed by atoms with Crippen LogP contribution in [0.25, 0.3) is 0 Å². The molecule has 1 heterocycles. The molecule has 0 aliphatic heterocycles. The Morgan fingerprint density at radius 2 is 2.05 bits per heavy atom. The number of hydrogen-bond acceptors (Lipinski definition) is 3. The third-order valence-corrected chi connectivity index (χ3v) is 4.00. The molecule has 1 amide bonds. The fraction of sp³-hybridized carbons (Fsp3) is 0.333. The van der Waals surface area contributed by atoms with Gasteiger partial charge in [0.15, 0.2) is 0 Å². The van der Waals surface area contributed by atoms with Gasteiger partial charge >= 0.3 is 0 Å². The van der Waals surface area contributed by atoms with Crippen molar-refractivity contribution >= 4 is 11.6 Å². The molecule has 1 fully saturated rings. The second kappa shape index (κ2) is 4.67. The van der Waals surface area contributed by atoms with Crippen LogP contribution < -0.4 is 11.1 Å². The number of aromatic nitrogens is 2. The summed E-state index contributed by atoms with van der Waals surface area (Å²) in [5, 5.41) is 7.10. The molecule has 3 N–H and O–H groups in total. The third-order valence-electron chi connectivity index (χ3n) is 4.00. The predicted octanol–water partition coefficient (Wildman–Crippen LogP) is 1.35. The maximum atomic E-state index is 12.4. The quantitative estimate of drug-likeness (QED) is 0.824. The van der Waals surface area contributed by atoms with Gasteiger partial charge in [-0.15, -0.1) is 0 Å². The van der Waals surface area contributed by atoms with Gasteiger partial charge < -0.3 is 11.1 Å². The van der Waals surface area contributed by atoms with E-state index in [4.69, 9.17) is 5.73 Å². The van der Waals surface area contributed by atoms with Gasteiger partial charge in [-0.3, -0.25) is 9.48 Å². The second-order valence-electron chi connectivity index (χ2n) is 5.33. The first-order chi connectivity index (χ1) is 9.62. The van der Waals surface area contributed by atoms with Crippen LogP contribution in [0.1, 0.15) is 24.1 Å². The lowest BCUT2D eigenvalue weighted by atomic mass is 9.95. The summed E-state index contributed by atoms with van der Waals surface area (Å²) in [5.74, 6) is 0.0865. The first kappa shape index (κ1) is 12.7. The van der Waals surface area contributed by atoms with Crippen molar-refractivity contribution in [1.29, 1.82) is 0 Å². The molecule has 2 aromatic rings. The molecule has 0 bridgehead atoms. The Labute approximate surface area is 117 Å². The minimum atomic E-state index is -0.355. The van der Waals surface area contributed by atoms with Crippen molar-refractivity contribution in [3.05, 3.63) is 47.8 Å². The van der Waals surface area contributed by atoms with E-state index in [1.54, 1.807) is 10.9 Å². The van der Waals surface area contributed by atoms with E-state index < -0.39 is 0 Å². The highest BCUT2D eigenvalue weighted by Gasteiger charge is 2.51. The average molecular weight is 270 g/mol. The summed E-state index contributed by atoms with van der Waals surface area (Å²) < 4.78 is 1.77. The summed E-state index contributed by atoms with van der Waals surface area (Å²) in [7, 11) is 1.87. The Bertz CT molecular complexity index is 626. The summed E-state index contributed by atoms with van der Waals surface area (Å²) in [6.07, 6.45) is 3.52. The highest BCUT2D eigenvalue weighted by molar-refractivity contribution is 5.91. The zero-order valence-corrected chi connectivity index (χ0v) is 11.5. The van der Waals surface area contributed by atoms with Crippen LogP contribution in [0.3, 0.4) is 0 Å². The van der Waals surface area contributed by atoms with Gasteiger partial charge in [0.1, 0.15) is 0 Å². The summed E-state index contributed by atoms with van der Waals surface area (Å²) in [4.78, 5) is 12.4. The molecule has 3 rings (SSSR count). The number of nitrogens with zero attached hydrogens (tertiary/aromatic N) is 2. The third kappa shape index (κ3) is 2.15. The van der Waals surface area contributed by atoms with Crippen molar-refractivity contribution in [2.45, 2.75) is 24.8 Å². The molecule has 5 nitrogen and oxygen atoms in total. The molecule has 1 aliphatic rings. The van der Waals surface area contributed by atoms with Crippen LogP contribution in [-0.4, -0.2) is 15.7 Å². The number of amides is 1. The zero-order chi connectivity index (χ0) is 14.2. The summed E-state index contributed by atoms with van der Waals surface area (Å²) >= 11 is 0. The average Bonchev–Trinajstić information content (AvgIpc) is 3.15. The first-order valence-corrected chi connectivity index (χ1v) is 6.73. The first-order valence-electron chi connectivity index (χ1n) is 6.73. The van der Waals surface area contributed by atoms with E-state index in [1.807, 2.05) is 37.4 Å². The smallest absolute Gasteiger partial charge is 0.230 e. The van der Waals surface area contributed by atoms with Crippen molar-refractivity contribution in [2.24, 2.45) is 7.05 Å². The molecule has 104 valence electrons. The van der Waals surface area contributed by atoms with Crippen molar-refractivity contribution in [2.75, 3.05) is 5.73 Å². The summed E-state index contributed by atoms with van der Waals surface area (Å²) in [6.45, 7) is 0.506. The topological polar surface area (TPSA) is 72.9 Å². The number of benzene rings is 1. The maximum absolute atomic E-state index is 12.4. The van der Waals surface area contributed by atoms with Crippen LogP contribution in [0.4, 0.5) is 5.69 Å². The Hall–Kier alpha value is -2.30. The lowest BCUT2D eigenvalue weighted by Gasteiger charge is -2.16. The van der Waals surface area contributed by atoms with Gasteiger partial charge in [0, 0.05) is 18.9 Å². The number of carbonyl (C=O) groups excluding carboxylic acids is 1. The highest BCUT2D eigenvalue weighted by Crippen LogP contribution is 2.48. The summed E-state index contributed by atoms with van der Waals surface area (Å²) in [6, 6.07) is 9.51. The molecule has 0 spiro atoms. The highest BCUT2D eigenvalue weighted by atomic mass is 16.2. The molecule has 1 saturated carbocycles. The van der Waals surface area contributed by atoms with Crippen LogP contribution in [0.5, 0.6) is 0 Å². The monoisotopic (exact) mass is 270 g/mol. The molecule has 0 atom stereocenters. The molecule has 1 aromatic heterocycles. The van der Waals surface area contributed by atoms with E-state index in [2.05, 4.69) is 10.4 Å². The van der Waals surface area contributed by atoms with Gasteiger partial charge in [-0.2, -0.15) is 5.10 Å². The van der Waals surface area contributed by atoms with E-state index in [0.717, 1.165) is 29.8 Å². The number of hydrogen-bond donors (Lipinski definition) is 2. The lowest BCUT2D eigenvalue weighted by Crippen LogP contribution is -2.34. The Morgan fingerprint density at radius 3 is 2.60 bits per heavy atom. The normalized spacial score (nSPS) is 15.8. The molecular formula is C15H18N4O. The molecule has 0 radical (unpaired) electrons. The maximum Gasteiger partial charge on any atom is 0.230 e. The van der Waals surface area contributed by atoms with E-state index in [1.165, 1.54) is 0 Å². The van der Waals surface area contributed by atoms with Gasteiger partial charge in [-0.1, -0.05) is 12.1 Å². The van der Waals surface area contributed by atoms with Crippen LogP contribution in [0.15, 0.2) is 36.5 Å². The van der Waals surface area contributed by atoms with Crippen molar-refractivity contribution in [1.82, 2.24) is 15.1 Å². The van der Waals surface area contributed by atoms with Crippen molar-refractivity contribution in [3.8, 4) is 0 Å². The minimum absolute atomic E-state index is 0.0865. The molecule has 5 heteroatoms. The molecule has 0 unspecified atom stereocenters. The second-order valence-corrected chi connectivity index (χ2v) is 5.33. The Kier molecular flexibility index (Phi) is 2.97. The number of nitrogens with two attached hydrogens (primary N) is 1. The number of rotatable bonds is 4. The van der Waals surface area contributed by atoms with E-state index in [0.29, 0.717) is 6.54 Å². The van der Waals surface area contributed by atoms with Gasteiger partial charge in [-0.25, -0.2) is 0 Å². The van der Waals surface area contributed by atoms with Gasteiger partial charge in [0.05, 0.1) is 17.7 Å². The SMILES string of the molecule is Cn1nccc1CNC(=O)C1(c2ccc(N)cc2)CC1. The van der Waals surface area contributed by atoms with E-state index in [-0.39, 0.29) is 11.3 Å². The zero-order valence-electron chi connectivity index (χ0n) is 11.5. The van der Waals surface area contributed by atoms with Crippen LogP contribution in [0, 0.1) is 0 Å². The summed E-state index contributed by atoms with van der Waals surface area (Å²) in [5.41, 5.74) is 8.11. The van der Waals surface area contributed by atoms with E-state index in [9.17, 15) is 4.79 Å². The predicted molar refractivity (Wildman–Crippen MR) is 76.8 cm³/mol. The van der Waals surface area contributed by atoms with Crippen molar-refractivity contribution < 1.29 is 4.79 Å². The Balaban J connectivity index is 1.70. The number of aryl methyl sites for hydroxylation is 1. The van der Waals surface area contributed by atoms with Crippen molar-refractivity contribution in [3.63, 3.8) is 0 Å². The van der Waals surface area contributed by atoms with Crippen LogP contribution in [0.2, 0.25) is 0 Å². The van der Waals surface area contributed by atoms with Gasteiger partial charge in [0.2, 0.25) is 5.91 Å². The molecular weight excluding hydrogens is 252 g/mol. The number of carbonyl (C=O) groups is 1. The minimum Gasteiger partial charge on any atom is -0.399 e. The largest absolute Gasteiger partial charge is 0.399 e. The van der Waals surface area contributed by atoms with Crippen LogP contribution in [-0.2, 0) is 23.8 Å². The van der Waals surface area contributed by atoms with E-state index >= 15 is 0 Å². The number of nitrogens with one attached hydrogen (secondary N) is 1. The van der Waals surface area contributed by atoms with Crippen LogP contribution >= 0.6 is 0 Å². The Morgan fingerprint density at radius 1 is 1.35 bits per heavy atom.